The fraction of sp³-hybridized carbons (Fsp3) is 0.500. The van der Waals surface area contributed by atoms with Crippen molar-refractivity contribution in [2.45, 2.75) is 24.5 Å². The molecule has 2 aromatic heterocycles. The summed E-state index contributed by atoms with van der Waals surface area (Å²) in [5.74, 6) is -0.288. The highest BCUT2D eigenvalue weighted by molar-refractivity contribution is 5.74. The molecular formula is C10H14N6O5. The van der Waals surface area contributed by atoms with Crippen LogP contribution < -0.4 is 17.0 Å². The molecule has 0 aromatic carbocycles. The number of aliphatic hydroxyl groups excluding tert-OH is 3. The number of nitrogen functional groups attached to an aromatic ring is 2. The predicted molar refractivity (Wildman–Crippen MR) is 70.0 cm³/mol. The van der Waals surface area contributed by atoms with Crippen molar-refractivity contribution in [2.24, 2.45) is 0 Å². The first-order chi connectivity index (χ1) is 9.93. The number of nitrogens with zero attached hydrogens (tertiary/aromatic N) is 3. The van der Waals surface area contributed by atoms with E-state index in [0.29, 0.717) is 0 Å². The topological polar surface area (TPSA) is 186 Å². The molecule has 0 aliphatic carbocycles. The van der Waals surface area contributed by atoms with Crippen molar-refractivity contribution in [3.8, 4) is 0 Å². The highest BCUT2D eigenvalue weighted by atomic mass is 16.6. The van der Waals surface area contributed by atoms with Crippen molar-refractivity contribution in [3.05, 3.63) is 10.4 Å². The standard InChI is InChI=1S/C10H14N6O5/c11-9-14-6-3(7(20)15-9)13-10(12)16(6)8-5(19)4(18)2(1-17)21-8/h2,4-5,8,17-19H,1H2,(H2,12,13)(H3,11,14,15,20)/t2-,4?,5?,8-/m1/s1. The molecule has 11 nitrogen and oxygen atoms in total. The zero-order valence-electron chi connectivity index (χ0n) is 10.7. The van der Waals surface area contributed by atoms with Crippen molar-refractivity contribution in [2.75, 3.05) is 18.1 Å². The van der Waals surface area contributed by atoms with E-state index in [1.165, 1.54) is 0 Å². The number of anilines is 2. The molecular weight excluding hydrogens is 284 g/mol. The van der Waals surface area contributed by atoms with Gasteiger partial charge in [-0.2, -0.15) is 4.98 Å². The van der Waals surface area contributed by atoms with Gasteiger partial charge >= 0.3 is 0 Å². The Kier molecular flexibility index (Phi) is 3.06. The number of aliphatic hydroxyl groups is 3. The van der Waals surface area contributed by atoms with Gasteiger partial charge in [-0.3, -0.25) is 14.3 Å². The Morgan fingerprint density at radius 3 is 2.62 bits per heavy atom. The number of hydrogen-bond donors (Lipinski definition) is 6. The second-order valence-electron chi connectivity index (χ2n) is 4.69. The van der Waals surface area contributed by atoms with Crippen LogP contribution in [0.3, 0.4) is 0 Å². The largest absolute Gasteiger partial charge is 0.394 e. The van der Waals surface area contributed by atoms with Gasteiger partial charge in [0.1, 0.15) is 18.3 Å². The van der Waals surface area contributed by atoms with E-state index in [4.69, 9.17) is 21.3 Å². The van der Waals surface area contributed by atoms with Crippen LogP contribution in [0, 0.1) is 0 Å². The molecule has 1 aliphatic rings. The van der Waals surface area contributed by atoms with Crippen LogP contribution in [0.1, 0.15) is 6.23 Å². The maximum absolute atomic E-state index is 11.7. The normalized spacial score (nSPS) is 29.3. The maximum Gasteiger partial charge on any atom is 0.280 e. The summed E-state index contributed by atoms with van der Waals surface area (Å²) in [5.41, 5.74) is 10.6. The van der Waals surface area contributed by atoms with E-state index in [1.54, 1.807) is 0 Å². The smallest absolute Gasteiger partial charge is 0.280 e. The molecule has 4 atom stereocenters. The third-order valence-corrected chi connectivity index (χ3v) is 3.37. The number of nitrogens with one attached hydrogen (secondary N) is 1. The summed E-state index contributed by atoms with van der Waals surface area (Å²) >= 11 is 0. The molecule has 114 valence electrons. The van der Waals surface area contributed by atoms with Gasteiger partial charge in [0.15, 0.2) is 17.4 Å². The van der Waals surface area contributed by atoms with Crippen LogP contribution in [0.5, 0.6) is 0 Å². The predicted octanol–water partition coefficient (Wildman–Crippen LogP) is -3.10. The first kappa shape index (κ1) is 13.8. The molecule has 1 aliphatic heterocycles. The SMILES string of the molecule is Nc1nc2c(nc(N)n2[C@@H]2O[C@H](CO)C(O)C2O)c(=O)[nH]1. The van der Waals surface area contributed by atoms with Crippen molar-refractivity contribution in [3.63, 3.8) is 0 Å². The summed E-state index contributed by atoms with van der Waals surface area (Å²) in [6.07, 6.45) is -4.81. The zero-order chi connectivity index (χ0) is 15.3. The summed E-state index contributed by atoms with van der Waals surface area (Å²) in [5, 5.41) is 28.9. The third kappa shape index (κ3) is 1.94. The van der Waals surface area contributed by atoms with E-state index >= 15 is 0 Å². The number of nitrogens with two attached hydrogens (primary N) is 2. The van der Waals surface area contributed by atoms with Gasteiger partial charge in [-0.1, -0.05) is 0 Å². The van der Waals surface area contributed by atoms with Gasteiger partial charge in [-0.25, -0.2) is 4.98 Å². The Balaban J connectivity index is 2.17. The number of imidazole rings is 1. The highest BCUT2D eigenvalue weighted by Gasteiger charge is 2.44. The van der Waals surface area contributed by atoms with E-state index in [0.717, 1.165) is 4.57 Å². The Hall–Kier alpha value is -2.21. The van der Waals surface area contributed by atoms with Crippen LogP contribution in [0.2, 0.25) is 0 Å². The fourth-order valence-corrected chi connectivity index (χ4v) is 2.36. The van der Waals surface area contributed by atoms with Crippen LogP contribution in [0.25, 0.3) is 11.2 Å². The third-order valence-electron chi connectivity index (χ3n) is 3.37. The fourth-order valence-electron chi connectivity index (χ4n) is 2.36. The lowest BCUT2D eigenvalue weighted by Gasteiger charge is -2.17. The summed E-state index contributed by atoms with van der Waals surface area (Å²) in [7, 11) is 0. The molecule has 2 aromatic rings. The molecule has 0 spiro atoms. The molecule has 0 radical (unpaired) electrons. The summed E-state index contributed by atoms with van der Waals surface area (Å²) < 4.78 is 6.51. The first-order valence-corrected chi connectivity index (χ1v) is 6.09. The van der Waals surface area contributed by atoms with Gasteiger partial charge in [0, 0.05) is 0 Å². The van der Waals surface area contributed by atoms with Crippen LogP contribution in [0.4, 0.5) is 11.9 Å². The van der Waals surface area contributed by atoms with E-state index in [-0.39, 0.29) is 23.1 Å². The van der Waals surface area contributed by atoms with Gasteiger partial charge in [0.2, 0.25) is 11.9 Å². The van der Waals surface area contributed by atoms with E-state index in [9.17, 15) is 15.0 Å². The van der Waals surface area contributed by atoms with E-state index in [1.807, 2.05) is 0 Å². The van der Waals surface area contributed by atoms with Gasteiger partial charge < -0.3 is 31.5 Å². The number of aromatic nitrogens is 4. The number of hydrogen-bond acceptors (Lipinski definition) is 9. The molecule has 0 saturated carbocycles. The number of aromatic amines is 1. The first-order valence-electron chi connectivity index (χ1n) is 6.09. The number of ether oxygens (including phenoxy) is 1. The molecule has 1 fully saturated rings. The average molecular weight is 298 g/mol. The van der Waals surface area contributed by atoms with Crippen molar-refractivity contribution < 1.29 is 20.1 Å². The minimum atomic E-state index is -1.37. The second kappa shape index (κ2) is 4.66. The molecule has 0 bridgehead atoms. The zero-order valence-corrected chi connectivity index (χ0v) is 10.7. The summed E-state index contributed by atoms with van der Waals surface area (Å²) in [6.45, 7) is -0.489. The summed E-state index contributed by atoms with van der Waals surface area (Å²) in [6, 6.07) is 0. The molecule has 21 heavy (non-hydrogen) atoms. The second-order valence-corrected chi connectivity index (χ2v) is 4.69. The van der Waals surface area contributed by atoms with Crippen molar-refractivity contribution >= 4 is 23.1 Å². The lowest BCUT2D eigenvalue weighted by molar-refractivity contribution is -0.0500. The van der Waals surface area contributed by atoms with Crippen LogP contribution >= 0.6 is 0 Å². The Morgan fingerprint density at radius 1 is 1.29 bits per heavy atom. The highest BCUT2D eigenvalue weighted by Crippen LogP contribution is 2.32. The monoisotopic (exact) mass is 298 g/mol. The van der Waals surface area contributed by atoms with Crippen LogP contribution in [-0.4, -0.2) is 59.8 Å². The van der Waals surface area contributed by atoms with Crippen LogP contribution in [0.15, 0.2) is 4.79 Å². The lowest BCUT2D eigenvalue weighted by Crippen LogP contribution is -2.33. The van der Waals surface area contributed by atoms with E-state index < -0.39 is 36.7 Å². The minimum absolute atomic E-state index is 0.0172. The molecule has 3 heterocycles. The van der Waals surface area contributed by atoms with Gasteiger partial charge in [-0.15, -0.1) is 0 Å². The molecule has 0 amide bonds. The van der Waals surface area contributed by atoms with Gasteiger partial charge in [-0.05, 0) is 0 Å². The summed E-state index contributed by atoms with van der Waals surface area (Å²) in [4.78, 5) is 21.8. The molecule has 8 N–H and O–H groups in total. The Labute approximate surface area is 116 Å². The average Bonchev–Trinajstić information content (AvgIpc) is 2.89. The van der Waals surface area contributed by atoms with E-state index in [2.05, 4.69) is 15.0 Å². The molecule has 11 heteroatoms. The molecule has 1 saturated heterocycles. The maximum atomic E-state index is 11.7. The van der Waals surface area contributed by atoms with Gasteiger partial charge in [0.05, 0.1) is 6.61 Å². The Morgan fingerprint density at radius 2 is 2.00 bits per heavy atom. The van der Waals surface area contributed by atoms with Crippen molar-refractivity contribution in [1.82, 2.24) is 19.5 Å². The number of fused-ring (bicyclic) bond motifs is 1. The number of rotatable bonds is 2. The van der Waals surface area contributed by atoms with Crippen molar-refractivity contribution in [1.29, 1.82) is 0 Å². The number of H-pyrrole nitrogens is 1. The lowest BCUT2D eigenvalue weighted by atomic mass is 10.1. The quantitative estimate of drug-likeness (QED) is 0.334. The molecule has 2 unspecified atom stereocenters. The van der Waals surface area contributed by atoms with Gasteiger partial charge in [0.25, 0.3) is 5.56 Å². The van der Waals surface area contributed by atoms with Crippen LogP contribution in [-0.2, 0) is 4.74 Å². The minimum Gasteiger partial charge on any atom is -0.394 e. The Bertz CT molecular complexity index is 741. The molecule has 3 rings (SSSR count).